The van der Waals surface area contributed by atoms with Crippen molar-refractivity contribution >= 4 is 15.8 Å². The van der Waals surface area contributed by atoms with E-state index in [4.69, 9.17) is 4.74 Å². The van der Waals surface area contributed by atoms with Gasteiger partial charge < -0.3 is 4.74 Å². The van der Waals surface area contributed by atoms with Crippen molar-refractivity contribution in [3.05, 3.63) is 76.0 Å². The lowest BCUT2D eigenvalue weighted by molar-refractivity contribution is -0.143. The molecule has 1 fully saturated rings. The Labute approximate surface area is 197 Å². The van der Waals surface area contributed by atoms with Crippen LogP contribution < -0.4 is 5.43 Å². The van der Waals surface area contributed by atoms with Crippen molar-refractivity contribution in [1.29, 1.82) is 0 Å². The highest BCUT2D eigenvalue weighted by molar-refractivity contribution is 7.91. The number of hydrogen-bond donors (Lipinski definition) is 0. The average Bonchev–Trinajstić information content (AvgIpc) is 3.23. The second-order valence-corrected chi connectivity index (χ2v) is 10.6. The number of sulfone groups is 1. The maximum absolute atomic E-state index is 12.4. The van der Waals surface area contributed by atoms with Crippen LogP contribution in [0.15, 0.2) is 53.7 Å². The first-order chi connectivity index (χ1) is 16.3. The van der Waals surface area contributed by atoms with Crippen molar-refractivity contribution in [3.8, 4) is 5.69 Å². The van der Waals surface area contributed by atoms with Gasteiger partial charge in [0.25, 0.3) is 0 Å². The molecule has 1 aliphatic rings. The minimum atomic E-state index is -2.92. The minimum Gasteiger partial charge on any atom is -0.464 e. The van der Waals surface area contributed by atoms with E-state index in [0.717, 1.165) is 16.8 Å². The first kappa shape index (κ1) is 23.8. The Balaban J connectivity index is 1.32. The van der Waals surface area contributed by atoms with Crippen LogP contribution in [0.25, 0.3) is 5.69 Å². The molecule has 11 heteroatoms. The number of carbonyl (C=O) groups is 1. The highest BCUT2D eigenvalue weighted by Gasteiger charge is 2.21. The quantitative estimate of drug-likeness (QED) is 0.420. The summed E-state index contributed by atoms with van der Waals surface area (Å²) in [5.41, 5.74) is 2.65. The van der Waals surface area contributed by atoms with Crippen LogP contribution in [0.4, 0.5) is 0 Å². The van der Waals surface area contributed by atoms with Crippen LogP contribution in [0.3, 0.4) is 0 Å². The molecule has 0 unspecified atom stereocenters. The topological polar surface area (TPSA) is 116 Å². The standard InChI is InChI=1S/C23H27N5O5S/c1-26-17-20(16-24-26)28-6-5-22(29)21(25-28)14-18-3-2-4-19(13-18)15-23(30)33-10-7-27-8-11-34(31,32)12-9-27/h2-6,13,16-17H,7-12,14-15H2,1H3. The van der Waals surface area contributed by atoms with Crippen LogP contribution in [-0.4, -0.2) is 76.6 Å². The van der Waals surface area contributed by atoms with E-state index in [1.165, 1.54) is 6.07 Å². The largest absolute Gasteiger partial charge is 0.464 e. The van der Waals surface area contributed by atoms with E-state index in [2.05, 4.69) is 10.2 Å². The van der Waals surface area contributed by atoms with E-state index in [1.54, 1.807) is 28.0 Å². The molecule has 1 aliphatic heterocycles. The van der Waals surface area contributed by atoms with Gasteiger partial charge >= 0.3 is 5.97 Å². The summed E-state index contributed by atoms with van der Waals surface area (Å²) in [6, 6.07) is 8.93. The third-order valence-corrected chi connectivity index (χ3v) is 7.26. The Kier molecular flexibility index (Phi) is 7.23. The molecule has 10 nitrogen and oxygen atoms in total. The van der Waals surface area contributed by atoms with Gasteiger partial charge in [-0.25, -0.2) is 13.1 Å². The molecule has 3 heterocycles. The Morgan fingerprint density at radius 2 is 1.91 bits per heavy atom. The van der Waals surface area contributed by atoms with Crippen molar-refractivity contribution in [2.75, 3.05) is 37.7 Å². The number of aromatic nitrogens is 4. The van der Waals surface area contributed by atoms with Crippen LogP contribution in [0.2, 0.25) is 0 Å². The van der Waals surface area contributed by atoms with Gasteiger partial charge in [-0.1, -0.05) is 24.3 Å². The summed E-state index contributed by atoms with van der Waals surface area (Å²) >= 11 is 0. The number of hydrogen-bond acceptors (Lipinski definition) is 8. The highest BCUT2D eigenvalue weighted by Crippen LogP contribution is 2.11. The lowest BCUT2D eigenvalue weighted by Crippen LogP contribution is -2.41. The van der Waals surface area contributed by atoms with E-state index in [0.29, 0.717) is 31.7 Å². The zero-order chi connectivity index (χ0) is 24.1. The van der Waals surface area contributed by atoms with Gasteiger partial charge in [0.15, 0.2) is 9.84 Å². The molecule has 0 N–H and O–H groups in total. The van der Waals surface area contributed by atoms with Crippen molar-refractivity contribution in [3.63, 3.8) is 0 Å². The second kappa shape index (κ2) is 10.3. The molecule has 0 spiro atoms. The molecule has 4 rings (SSSR count). The van der Waals surface area contributed by atoms with Gasteiger partial charge in [-0.05, 0) is 11.1 Å². The summed E-state index contributed by atoms with van der Waals surface area (Å²) in [6.45, 7) is 1.68. The van der Waals surface area contributed by atoms with Gasteiger partial charge in [-0.2, -0.15) is 10.2 Å². The molecule has 180 valence electrons. The fourth-order valence-electron chi connectivity index (χ4n) is 3.76. The predicted molar refractivity (Wildman–Crippen MR) is 126 cm³/mol. The molecule has 0 bridgehead atoms. The van der Waals surface area contributed by atoms with Crippen LogP contribution in [0, 0.1) is 0 Å². The molecule has 0 atom stereocenters. The van der Waals surface area contributed by atoms with Crippen LogP contribution >= 0.6 is 0 Å². The molecular formula is C23H27N5O5S. The third-order valence-electron chi connectivity index (χ3n) is 5.65. The van der Waals surface area contributed by atoms with Crippen LogP contribution in [-0.2, 0) is 39.3 Å². The third kappa shape index (κ3) is 6.39. The van der Waals surface area contributed by atoms with Gasteiger partial charge in [-0.3, -0.25) is 19.2 Å². The Bertz CT molecular complexity index is 1320. The number of ether oxygens (including phenoxy) is 1. The summed E-state index contributed by atoms with van der Waals surface area (Å²) in [5, 5.41) is 8.58. The summed E-state index contributed by atoms with van der Waals surface area (Å²) < 4.78 is 31.6. The fourth-order valence-corrected chi connectivity index (χ4v) is 5.04. The molecule has 1 aromatic carbocycles. The van der Waals surface area contributed by atoms with Crippen molar-refractivity contribution in [2.45, 2.75) is 12.8 Å². The lowest BCUT2D eigenvalue weighted by atomic mass is 10.0. The maximum atomic E-state index is 12.4. The van der Waals surface area contributed by atoms with E-state index in [-0.39, 0.29) is 35.9 Å². The highest BCUT2D eigenvalue weighted by atomic mass is 32.2. The van der Waals surface area contributed by atoms with Gasteiger partial charge in [0, 0.05) is 45.4 Å². The van der Waals surface area contributed by atoms with Crippen molar-refractivity contribution in [2.24, 2.45) is 7.05 Å². The number of carbonyl (C=O) groups excluding carboxylic acids is 1. The summed E-state index contributed by atoms with van der Waals surface area (Å²) in [5.74, 6) is -0.0483. The molecule has 2 aromatic heterocycles. The minimum absolute atomic E-state index is 0.115. The Morgan fingerprint density at radius 3 is 2.65 bits per heavy atom. The monoisotopic (exact) mass is 485 g/mol. The maximum Gasteiger partial charge on any atom is 0.310 e. The summed E-state index contributed by atoms with van der Waals surface area (Å²) in [7, 11) is -1.11. The molecule has 0 radical (unpaired) electrons. The van der Waals surface area contributed by atoms with Gasteiger partial charge in [0.05, 0.1) is 30.3 Å². The zero-order valence-electron chi connectivity index (χ0n) is 19.0. The number of benzene rings is 1. The molecule has 1 saturated heterocycles. The molecule has 0 saturated carbocycles. The smallest absolute Gasteiger partial charge is 0.310 e. The molecular weight excluding hydrogens is 458 g/mol. The number of nitrogens with zero attached hydrogens (tertiary/aromatic N) is 5. The lowest BCUT2D eigenvalue weighted by Gasteiger charge is -2.26. The van der Waals surface area contributed by atoms with Crippen molar-refractivity contribution in [1.82, 2.24) is 24.5 Å². The van der Waals surface area contributed by atoms with Crippen molar-refractivity contribution < 1.29 is 17.9 Å². The number of aryl methyl sites for hydroxylation is 1. The van der Waals surface area contributed by atoms with E-state index in [1.807, 2.05) is 36.2 Å². The summed E-state index contributed by atoms with van der Waals surface area (Å²) in [4.78, 5) is 26.6. The molecule has 0 amide bonds. The average molecular weight is 486 g/mol. The predicted octanol–water partition coefficient (Wildman–Crippen LogP) is 0.373. The summed E-state index contributed by atoms with van der Waals surface area (Å²) in [6.07, 6.45) is 5.53. The molecule has 3 aromatic rings. The molecule has 0 aliphatic carbocycles. The number of rotatable bonds is 8. The first-order valence-corrected chi connectivity index (χ1v) is 12.8. The zero-order valence-corrected chi connectivity index (χ0v) is 19.8. The van der Waals surface area contributed by atoms with E-state index in [9.17, 15) is 18.0 Å². The van der Waals surface area contributed by atoms with Gasteiger partial charge in [0.2, 0.25) is 5.43 Å². The fraction of sp³-hybridized carbons (Fsp3) is 0.391. The normalized spacial score (nSPS) is 15.8. The Morgan fingerprint density at radius 1 is 1.15 bits per heavy atom. The van der Waals surface area contributed by atoms with Crippen LogP contribution in [0.5, 0.6) is 0 Å². The second-order valence-electron chi connectivity index (χ2n) is 8.33. The van der Waals surface area contributed by atoms with Crippen LogP contribution in [0.1, 0.15) is 16.8 Å². The molecule has 34 heavy (non-hydrogen) atoms. The first-order valence-electron chi connectivity index (χ1n) is 11.0. The van der Waals surface area contributed by atoms with E-state index < -0.39 is 9.84 Å². The number of esters is 1. The Hall–Kier alpha value is -3.31. The van der Waals surface area contributed by atoms with Gasteiger partial charge in [-0.15, -0.1) is 0 Å². The van der Waals surface area contributed by atoms with Gasteiger partial charge in [0.1, 0.15) is 18.0 Å². The SMILES string of the molecule is Cn1cc(-n2ccc(=O)c(Cc3cccc(CC(=O)OCCN4CCS(=O)(=O)CC4)c3)n2)cn1. The van der Waals surface area contributed by atoms with E-state index >= 15 is 0 Å².